The molecule has 0 saturated heterocycles. The number of benzene rings is 1. The molecule has 1 aromatic carbocycles. The van der Waals surface area contributed by atoms with Crippen molar-refractivity contribution in [1.29, 1.82) is 0 Å². The van der Waals surface area contributed by atoms with Crippen LogP contribution in [0.2, 0.25) is 0 Å². The summed E-state index contributed by atoms with van der Waals surface area (Å²) in [6.07, 6.45) is 3.43. The number of furan rings is 1. The minimum Gasteiger partial charge on any atom is -0.459 e. The van der Waals surface area contributed by atoms with Gasteiger partial charge in [-0.15, -0.1) is 0 Å². The van der Waals surface area contributed by atoms with E-state index in [1.54, 1.807) is 37.3 Å². The van der Waals surface area contributed by atoms with Crippen LogP contribution in [-0.4, -0.2) is 29.9 Å². The van der Waals surface area contributed by atoms with Crippen LogP contribution in [0.4, 0.5) is 16.2 Å². The molecule has 1 heterocycles. The Morgan fingerprint density at radius 1 is 1.04 bits per heavy atom. The fraction of sp³-hybridized carbons (Fsp3) is 0.278. The van der Waals surface area contributed by atoms with Gasteiger partial charge in [-0.3, -0.25) is 9.59 Å². The minimum atomic E-state index is -0.741. The number of urea groups is 1. The molecule has 4 amide bonds. The number of anilines is 2. The van der Waals surface area contributed by atoms with Crippen LogP contribution in [0, 0.1) is 0 Å². The van der Waals surface area contributed by atoms with Gasteiger partial charge in [0.05, 0.1) is 6.26 Å². The largest absolute Gasteiger partial charge is 0.459 e. The van der Waals surface area contributed by atoms with Crippen LogP contribution in [0.15, 0.2) is 47.1 Å². The number of rotatable bonds is 6. The normalized spacial score (nSPS) is 14.2. The zero-order valence-corrected chi connectivity index (χ0v) is 14.2. The van der Waals surface area contributed by atoms with Crippen LogP contribution < -0.4 is 21.3 Å². The Hall–Kier alpha value is -3.29. The van der Waals surface area contributed by atoms with E-state index in [1.807, 2.05) is 0 Å². The number of carbonyl (C=O) groups excluding carboxylic acids is 3. The first-order valence-corrected chi connectivity index (χ1v) is 8.34. The molecule has 26 heavy (non-hydrogen) atoms. The average Bonchev–Trinajstić information content (AvgIpc) is 3.24. The molecule has 1 unspecified atom stereocenters. The molecule has 1 aromatic heterocycles. The Kier molecular flexibility index (Phi) is 5.21. The quantitative estimate of drug-likeness (QED) is 0.636. The maximum atomic E-state index is 12.2. The van der Waals surface area contributed by atoms with Gasteiger partial charge in [0, 0.05) is 17.4 Å². The summed E-state index contributed by atoms with van der Waals surface area (Å²) in [4.78, 5) is 35.7. The number of amides is 4. The van der Waals surface area contributed by atoms with Gasteiger partial charge in [0.2, 0.25) is 5.91 Å². The highest BCUT2D eigenvalue weighted by Crippen LogP contribution is 2.19. The lowest BCUT2D eigenvalue weighted by atomic mass is 10.2. The fourth-order valence-electron chi connectivity index (χ4n) is 2.21. The first kappa shape index (κ1) is 17.5. The molecule has 1 aliphatic rings. The molecule has 136 valence electrons. The Morgan fingerprint density at radius 2 is 1.69 bits per heavy atom. The summed E-state index contributed by atoms with van der Waals surface area (Å²) in [7, 11) is 0. The van der Waals surface area contributed by atoms with E-state index in [1.165, 1.54) is 12.3 Å². The summed E-state index contributed by atoms with van der Waals surface area (Å²) in [5.74, 6) is -0.680. The third kappa shape index (κ3) is 4.85. The Labute approximate surface area is 150 Å². The topological polar surface area (TPSA) is 112 Å². The minimum absolute atomic E-state index is 0.143. The second kappa shape index (κ2) is 7.73. The molecule has 1 atom stereocenters. The number of hydrogen-bond donors (Lipinski definition) is 4. The van der Waals surface area contributed by atoms with E-state index in [2.05, 4.69) is 21.3 Å². The van der Waals surface area contributed by atoms with Gasteiger partial charge in [0.1, 0.15) is 6.04 Å². The molecule has 0 spiro atoms. The molecule has 0 bridgehead atoms. The van der Waals surface area contributed by atoms with E-state index in [4.69, 9.17) is 4.42 Å². The lowest BCUT2D eigenvalue weighted by molar-refractivity contribution is -0.117. The third-order valence-electron chi connectivity index (χ3n) is 3.81. The number of carbonyl (C=O) groups is 3. The first-order valence-electron chi connectivity index (χ1n) is 8.34. The van der Waals surface area contributed by atoms with Gasteiger partial charge in [-0.25, -0.2) is 4.79 Å². The maximum absolute atomic E-state index is 12.2. The van der Waals surface area contributed by atoms with Gasteiger partial charge in [-0.05, 0) is 56.2 Å². The molecule has 4 N–H and O–H groups in total. The van der Waals surface area contributed by atoms with Gasteiger partial charge >= 0.3 is 6.03 Å². The lowest BCUT2D eigenvalue weighted by Crippen LogP contribution is -2.41. The second-order valence-corrected chi connectivity index (χ2v) is 6.11. The molecule has 1 fully saturated rings. The second-order valence-electron chi connectivity index (χ2n) is 6.11. The van der Waals surface area contributed by atoms with E-state index in [9.17, 15) is 14.4 Å². The molecule has 0 aliphatic heterocycles. The average molecular weight is 356 g/mol. The summed E-state index contributed by atoms with van der Waals surface area (Å²) < 4.78 is 4.98. The summed E-state index contributed by atoms with van der Waals surface area (Å²) in [6.45, 7) is 1.58. The highest BCUT2D eigenvalue weighted by Gasteiger charge is 2.23. The lowest BCUT2D eigenvalue weighted by Gasteiger charge is -2.14. The van der Waals surface area contributed by atoms with Crippen molar-refractivity contribution in [2.45, 2.75) is 31.8 Å². The van der Waals surface area contributed by atoms with Crippen LogP contribution in [-0.2, 0) is 4.79 Å². The van der Waals surface area contributed by atoms with Crippen LogP contribution in [0.5, 0.6) is 0 Å². The van der Waals surface area contributed by atoms with E-state index < -0.39 is 11.9 Å². The van der Waals surface area contributed by atoms with Crippen molar-refractivity contribution in [3.8, 4) is 0 Å². The molecule has 1 aliphatic carbocycles. The Morgan fingerprint density at radius 3 is 2.27 bits per heavy atom. The molecule has 8 heteroatoms. The van der Waals surface area contributed by atoms with Gasteiger partial charge in [-0.2, -0.15) is 0 Å². The van der Waals surface area contributed by atoms with Gasteiger partial charge in [0.25, 0.3) is 5.91 Å². The van der Waals surface area contributed by atoms with Crippen molar-refractivity contribution < 1.29 is 18.8 Å². The summed E-state index contributed by atoms with van der Waals surface area (Å²) in [6, 6.07) is 9.14. The van der Waals surface area contributed by atoms with E-state index >= 15 is 0 Å². The van der Waals surface area contributed by atoms with Crippen molar-refractivity contribution >= 4 is 29.2 Å². The smallest absolute Gasteiger partial charge is 0.319 e. The first-order chi connectivity index (χ1) is 12.5. The van der Waals surface area contributed by atoms with Crippen molar-refractivity contribution in [2.24, 2.45) is 0 Å². The molecule has 8 nitrogen and oxygen atoms in total. The molecule has 1 saturated carbocycles. The summed E-state index contributed by atoms with van der Waals surface area (Å²) >= 11 is 0. The zero-order chi connectivity index (χ0) is 18.5. The number of nitrogens with one attached hydrogen (secondary N) is 4. The molecule has 3 rings (SSSR count). The van der Waals surface area contributed by atoms with E-state index in [0.29, 0.717) is 11.4 Å². The van der Waals surface area contributed by atoms with Crippen molar-refractivity contribution in [3.63, 3.8) is 0 Å². The van der Waals surface area contributed by atoms with Crippen molar-refractivity contribution in [3.05, 3.63) is 48.4 Å². The molecule has 0 radical (unpaired) electrons. The van der Waals surface area contributed by atoms with Gasteiger partial charge < -0.3 is 25.7 Å². The predicted molar refractivity (Wildman–Crippen MR) is 95.9 cm³/mol. The fourth-order valence-corrected chi connectivity index (χ4v) is 2.21. The summed E-state index contributed by atoms with van der Waals surface area (Å²) in [5.41, 5.74) is 1.18. The monoisotopic (exact) mass is 356 g/mol. The summed E-state index contributed by atoms with van der Waals surface area (Å²) in [5, 5.41) is 10.8. The SMILES string of the molecule is CC(NC(=O)c1ccco1)C(=O)Nc1ccc(NC(=O)NC2CC2)cc1. The third-order valence-corrected chi connectivity index (χ3v) is 3.81. The van der Waals surface area contributed by atoms with E-state index in [-0.39, 0.29) is 23.7 Å². The van der Waals surface area contributed by atoms with Crippen LogP contribution >= 0.6 is 0 Å². The maximum Gasteiger partial charge on any atom is 0.319 e. The molecular weight excluding hydrogens is 336 g/mol. The van der Waals surface area contributed by atoms with Crippen LogP contribution in [0.1, 0.15) is 30.3 Å². The highest BCUT2D eigenvalue weighted by molar-refractivity contribution is 6.00. The highest BCUT2D eigenvalue weighted by atomic mass is 16.3. The standard InChI is InChI=1S/C18H20N4O4/c1-11(19-17(24)15-3-2-10-26-15)16(23)20-12-4-6-13(7-5-12)21-18(25)22-14-8-9-14/h2-7,10-11,14H,8-9H2,1H3,(H,19,24)(H,20,23)(H2,21,22,25). The predicted octanol–water partition coefficient (Wildman–Crippen LogP) is 2.32. The van der Waals surface area contributed by atoms with Gasteiger partial charge in [0.15, 0.2) is 5.76 Å². The Balaban J connectivity index is 1.48. The zero-order valence-electron chi connectivity index (χ0n) is 14.2. The Bertz CT molecular complexity index is 782. The van der Waals surface area contributed by atoms with Crippen LogP contribution in [0.3, 0.4) is 0 Å². The molecule has 2 aromatic rings. The molecular formula is C18H20N4O4. The van der Waals surface area contributed by atoms with Gasteiger partial charge in [-0.1, -0.05) is 0 Å². The van der Waals surface area contributed by atoms with E-state index in [0.717, 1.165) is 12.8 Å². The van der Waals surface area contributed by atoms with Crippen LogP contribution in [0.25, 0.3) is 0 Å². The van der Waals surface area contributed by atoms with Crippen molar-refractivity contribution in [1.82, 2.24) is 10.6 Å². The van der Waals surface area contributed by atoms with Crippen molar-refractivity contribution in [2.75, 3.05) is 10.6 Å². The number of hydrogen-bond acceptors (Lipinski definition) is 4.